The number of hydrogen-bond acceptors (Lipinski definition) is 7. The molecule has 3 heterocycles. The number of hydrogen-bond donors (Lipinski definition) is 2. The Hall–Kier alpha value is -2.59. The number of aromatic nitrogens is 3. The molecule has 0 amide bonds. The van der Waals surface area contributed by atoms with E-state index in [4.69, 9.17) is 5.73 Å². The second-order valence-corrected chi connectivity index (χ2v) is 9.40. The molecular weight excluding hydrogens is 608 g/mol. The smallest absolute Gasteiger partial charge is 0.152 e. The third-order valence-electron chi connectivity index (χ3n) is 4.14. The summed E-state index contributed by atoms with van der Waals surface area (Å²) in [4.78, 5) is 23.6. The molecule has 9 heteroatoms. The molecule has 0 saturated heterocycles. The largest absolute Gasteiger partial charge is 0.398 e. The molecule has 0 aliphatic carbocycles. The number of halogens is 2. The van der Waals surface area contributed by atoms with Crippen molar-refractivity contribution in [1.29, 1.82) is 0 Å². The van der Waals surface area contributed by atoms with Crippen LogP contribution in [0.1, 0.15) is 25.2 Å². The molecule has 0 aliphatic heterocycles. The lowest BCUT2D eigenvalue weighted by Crippen LogP contribution is -1.83. The summed E-state index contributed by atoms with van der Waals surface area (Å²) in [6.45, 7) is 0. The number of nitrogens with two attached hydrogens (primary N) is 1. The summed E-state index contributed by atoms with van der Waals surface area (Å²) in [6, 6.07) is 23.0. The molecule has 5 aromatic rings. The maximum absolute atomic E-state index is 10.2. The Morgan fingerprint density at radius 2 is 1.46 bits per heavy atom. The summed E-state index contributed by atoms with van der Waals surface area (Å²) in [5, 5.41) is 1.00. The number of carbonyl (C=O) groups is 1. The van der Waals surface area contributed by atoms with Gasteiger partial charge in [-0.3, -0.25) is 4.79 Å². The molecule has 0 spiro atoms. The molecule has 0 aliphatic rings. The molecule has 0 unspecified atom stereocenters. The van der Waals surface area contributed by atoms with Crippen molar-refractivity contribution in [3.8, 4) is 10.6 Å². The predicted molar refractivity (Wildman–Crippen MR) is 159 cm³/mol. The van der Waals surface area contributed by atoms with Crippen LogP contribution in [-0.2, 0) is 0 Å². The van der Waals surface area contributed by atoms with Crippen LogP contribution in [0.5, 0.6) is 0 Å². The zero-order chi connectivity index (χ0) is 23.6. The van der Waals surface area contributed by atoms with Crippen molar-refractivity contribution in [2.24, 2.45) is 0 Å². The standard InChI is InChI=1S/C12H7BrN2S.C6H4BrNO.C6H7NS.2CH4/c13-11-8(4-3-7-14-11)12-15-9-5-1-2-6-10(9)16-12;7-6-5(4-9)2-1-3-8-6;7-5-3-1-2-4-6(5)8;;/h1-7H;1-4H;1-4,8H,7H2;2*1H4. The number of fused-ring (bicyclic) bond motifs is 1. The van der Waals surface area contributed by atoms with E-state index in [1.165, 1.54) is 4.70 Å². The van der Waals surface area contributed by atoms with E-state index < -0.39 is 0 Å². The first-order valence-corrected chi connectivity index (χ1v) is 12.4. The van der Waals surface area contributed by atoms with Gasteiger partial charge in [0.1, 0.15) is 14.2 Å². The van der Waals surface area contributed by atoms with Crippen LogP contribution >= 0.6 is 55.8 Å². The fourth-order valence-electron chi connectivity index (χ4n) is 2.51. The SMILES string of the molecule is Brc1ncccc1-c1nc2ccccc2s1.C.C.Nc1ccccc1S.O=Cc1cccnc1Br. The van der Waals surface area contributed by atoms with E-state index in [0.717, 1.165) is 37.6 Å². The number of aldehydes is 1. The number of nitrogens with zero attached hydrogens (tertiary/aromatic N) is 3. The number of rotatable bonds is 2. The van der Waals surface area contributed by atoms with Crippen LogP contribution in [-0.4, -0.2) is 21.2 Å². The highest BCUT2D eigenvalue weighted by atomic mass is 79.9. The molecule has 0 radical (unpaired) electrons. The van der Waals surface area contributed by atoms with Gasteiger partial charge in [0, 0.05) is 34.1 Å². The van der Waals surface area contributed by atoms with E-state index in [2.05, 4.69) is 65.5 Å². The number of pyridine rings is 2. The molecule has 35 heavy (non-hydrogen) atoms. The Kier molecular flexibility index (Phi) is 13.4. The van der Waals surface area contributed by atoms with Gasteiger partial charge >= 0.3 is 0 Å². The topological polar surface area (TPSA) is 81.8 Å². The summed E-state index contributed by atoms with van der Waals surface area (Å²) in [6.07, 6.45) is 4.15. The van der Waals surface area contributed by atoms with E-state index in [9.17, 15) is 4.79 Å². The maximum Gasteiger partial charge on any atom is 0.152 e. The fourth-order valence-corrected chi connectivity index (χ4v) is 4.57. The van der Waals surface area contributed by atoms with Gasteiger partial charge in [0.25, 0.3) is 0 Å². The minimum Gasteiger partial charge on any atom is -0.398 e. The van der Waals surface area contributed by atoms with Gasteiger partial charge in [-0.2, -0.15) is 0 Å². The van der Waals surface area contributed by atoms with Gasteiger partial charge in [0.05, 0.1) is 10.2 Å². The number of nitrogen functional groups attached to an aromatic ring is 1. The molecule has 2 N–H and O–H groups in total. The van der Waals surface area contributed by atoms with Crippen molar-refractivity contribution in [3.05, 3.63) is 100.0 Å². The first kappa shape index (κ1) is 30.4. The van der Waals surface area contributed by atoms with Crippen LogP contribution in [0.25, 0.3) is 20.8 Å². The number of para-hydroxylation sites is 2. The van der Waals surface area contributed by atoms with Crippen molar-refractivity contribution in [2.45, 2.75) is 19.7 Å². The average Bonchev–Trinajstić information content (AvgIpc) is 3.27. The second-order valence-electron chi connectivity index (χ2n) is 6.39. The monoisotopic (exact) mass is 632 g/mol. The normalized spacial score (nSPS) is 9.34. The van der Waals surface area contributed by atoms with Gasteiger partial charge in [-0.25, -0.2) is 15.0 Å². The summed E-state index contributed by atoms with van der Waals surface area (Å²) >= 11 is 12.3. The minimum absolute atomic E-state index is 0. The maximum atomic E-state index is 10.2. The van der Waals surface area contributed by atoms with Crippen molar-refractivity contribution in [3.63, 3.8) is 0 Å². The Morgan fingerprint density at radius 1 is 0.829 bits per heavy atom. The van der Waals surface area contributed by atoms with Crippen molar-refractivity contribution < 1.29 is 4.79 Å². The second kappa shape index (κ2) is 15.4. The van der Waals surface area contributed by atoms with Crippen LogP contribution in [0.15, 0.2) is 99.3 Å². The highest BCUT2D eigenvalue weighted by Crippen LogP contribution is 2.33. The van der Waals surface area contributed by atoms with Crippen LogP contribution in [0, 0.1) is 0 Å². The number of thiol groups is 1. The zero-order valence-electron chi connectivity index (χ0n) is 17.1. The number of benzene rings is 2. The summed E-state index contributed by atoms with van der Waals surface area (Å²) in [5.74, 6) is 0. The Labute approximate surface area is 232 Å². The molecule has 3 aromatic heterocycles. The van der Waals surface area contributed by atoms with Gasteiger partial charge in [-0.1, -0.05) is 39.1 Å². The molecule has 2 aromatic carbocycles. The van der Waals surface area contributed by atoms with Crippen LogP contribution in [0.4, 0.5) is 5.69 Å². The molecule has 0 fully saturated rings. The van der Waals surface area contributed by atoms with E-state index in [-0.39, 0.29) is 14.9 Å². The molecule has 0 atom stereocenters. The average molecular weight is 634 g/mol. The Bertz CT molecular complexity index is 1310. The van der Waals surface area contributed by atoms with E-state index in [1.54, 1.807) is 35.9 Å². The third kappa shape index (κ3) is 8.85. The summed E-state index contributed by atoms with van der Waals surface area (Å²) in [7, 11) is 0. The highest BCUT2D eigenvalue weighted by Gasteiger charge is 2.08. The zero-order valence-corrected chi connectivity index (χ0v) is 22.0. The lowest BCUT2D eigenvalue weighted by Gasteiger charge is -1.96. The van der Waals surface area contributed by atoms with E-state index in [1.807, 2.05) is 54.6 Å². The molecule has 0 bridgehead atoms. The van der Waals surface area contributed by atoms with Crippen LogP contribution < -0.4 is 5.73 Å². The summed E-state index contributed by atoms with van der Waals surface area (Å²) < 4.78 is 2.64. The van der Waals surface area contributed by atoms with Gasteiger partial charge in [0.15, 0.2) is 6.29 Å². The molecule has 0 saturated carbocycles. The van der Waals surface area contributed by atoms with Gasteiger partial charge in [-0.05, 0) is 80.4 Å². The van der Waals surface area contributed by atoms with E-state index in [0.29, 0.717) is 10.2 Å². The first-order chi connectivity index (χ1) is 16.0. The van der Waals surface area contributed by atoms with Crippen molar-refractivity contribution in [1.82, 2.24) is 15.0 Å². The van der Waals surface area contributed by atoms with Crippen LogP contribution in [0.2, 0.25) is 0 Å². The lowest BCUT2D eigenvalue weighted by atomic mass is 10.3. The number of carbonyl (C=O) groups excluding carboxylic acids is 1. The van der Waals surface area contributed by atoms with Gasteiger partial charge < -0.3 is 5.73 Å². The van der Waals surface area contributed by atoms with Crippen molar-refractivity contribution >= 4 is 78.0 Å². The Balaban J connectivity index is 0.000000278. The fraction of sp³-hybridized carbons (Fsp3) is 0.0769. The quantitative estimate of drug-likeness (QED) is 0.0880. The molecular formula is C26H26Br2N4OS2. The molecule has 5 nitrogen and oxygen atoms in total. The predicted octanol–water partition coefficient (Wildman–Crippen LogP) is 8.61. The minimum atomic E-state index is 0. The highest BCUT2D eigenvalue weighted by molar-refractivity contribution is 9.10. The first-order valence-electron chi connectivity index (χ1n) is 9.55. The number of thiazole rings is 1. The lowest BCUT2D eigenvalue weighted by molar-refractivity contribution is 0.112. The molecule has 5 rings (SSSR count). The Morgan fingerprint density at radius 3 is 2.00 bits per heavy atom. The van der Waals surface area contributed by atoms with E-state index >= 15 is 0 Å². The summed E-state index contributed by atoms with van der Waals surface area (Å²) in [5.41, 5.74) is 8.84. The number of anilines is 1. The van der Waals surface area contributed by atoms with Crippen LogP contribution in [0.3, 0.4) is 0 Å². The van der Waals surface area contributed by atoms with Gasteiger partial charge in [0.2, 0.25) is 0 Å². The molecule has 182 valence electrons. The third-order valence-corrected chi connectivity index (χ3v) is 6.91. The van der Waals surface area contributed by atoms with Gasteiger partial charge in [-0.15, -0.1) is 24.0 Å². The van der Waals surface area contributed by atoms with Crippen molar-refractivity contribution in [2.75, 3.05) is 5.73 Å².